The van der Waals surface area contributed by atoms with Crippen molar-refractivity contribution < 1.29 is 41.0 Å². The van der Waals surface area contributed by atoms with Crippen LogP contribution in [0, 0.1) is 5.41 Å². The summed E-state index contributed by atoms with van der Waals surface area (Å²) in [5.74, 6) is -0.192. The van der Waals surface area contributed by atoms with E-state index in [9.17, 15) is 41.0 Å². The van der Waals surface area contributed by atoms with Gasteiger partial charge in [-0.2, -0.15) is 26.3 Å². The lowest BCUT2D eigenvalue weighted by atomic mass is 9.91. The average Bonchev–Trinajstić information content (AvgIpc) is 3.67. The maximum atomic E-state index is 13.1. The number of alkyl halides is 6. The van der Waals surface area contributed by atoms with Crippen molar-refractivity contribution in [2.45, 2.75) is 57.1 Å². The number of rotatable bonds is 9. The number of halogens is 6. The summed E-state index contributed by atoms with van der Waals surface area (Å²) >= 11 is 0. The standard InChI is InChI=1S/C29H34F6N4O3/c1-26(12-13-26)11-2-14-36-25(41)37-23-9-5-21(6-10-23)24(40)39-17-15-38(16-18-39)19-20-3-7-22(8-4-20)27(42,28(30,31)32)29(33,34)35/h3-10,42H,2,11-19H2,1H3,(H2,36,37,41). The molecule has 3 N–H and O–H groups in total. The molecule has 0 aromatic heterocycles. The monoisotopic (exact) mass is 600 g/mol. The largest absolute Gasteiger partial charge is 0.430 e. The van der Waals surface area contributed by atoms with Crippen LogP contribution in [0.15, 0.2) is 48.5 Å². The minimum absolute atomic E-state index is 0.192. The van der Waals surface area contributed by atoms with E-state index in [-0.39, 0.29) is 18.5 Å². The molecule has 0 atom stereocenters. The molecule has 1 saturated carbocycles. The maximum Gasteiger partial charge on any atom is 0.430 e. The van der Waals surface area contributed by atoms with Crippen molar-refractivity contribution in [1.29, 1.82) is 0 Å². The van der Waals surface area contributed by atoms with Gasteiger partial charge < -0.3 is 20.6 Å². The number of hydrogen-bond donors (Lipinski definition) is 3. The van der Waals surface area contributed by atoms with Crippen molar-refractivity contribution in [1.82, 2.24) is 15.1 Å². The fourth-order valence-corrected chi connectivity index (χ4v) is 4.94. The van der Waals surface area contributed by atoms with Crippen LogP contribution in [0.2, 0.25) is 0 Å². The lowest BCUT2D eigenvalue weighted by Gasteiger charge is -2.35. The minimum atomic E-state index is -5.94. The van der Waals surface area contributed by atoms with E-state index in [1.807, 2.05) is 4.90 Å². The Kier molecular flexibility index (Phi) is 9.12. The highest BCUT2D eigenvalue weighted by atomic mass is 19.4. The highest BCUT2D eigenvalue weighted by molar-refractivity contribution is 5.95. The van der Waals surface area contributed by atoms with Gasteiger partial charge in [-0.15, -0.1) is 0 Å². The zero-order chi connectivity index (χ0) is 30.8. The average molecular weight is 601 g/mol. The number of benzene rings is 2. The van der Waals surface area contributed by atoms with Gasteiger partial charge in [0.2, 0.25) is 0 Å². The highest BCUT2D eigenvalue weighted by Gasteiger charge is 2.71. The Morgan fingerprint density at radius 2 is 1.45 bits per heavy atom. The number of carbonyl (C=O) groups excluding carboxylic acids is 2. The molecule has 0 radical (unpaired) electrons. The summed E-state index contributed by atoms with van der Waals surface area (Å²) in [7, 11) is 0. The predicted octanol–water partition coefficient (Wildman–Crippen LogP) is 5.66. The Labute approximate surface area is 239 Å². The van der Waals surface area contributed by atoms with Crippen molar-refractivity contribution in [2.75, 3.05) is 38.0 Å². The minimum Gasteiger partial charge on any atom is -0.369 e. The quantitative estimate of drug-likeness (QED) is 0.256. The molecule has 1 aliphatic carbocycles. The summed E-state index contributed by atoms with van der Waals surface area (Å²) < 4.78 is 78.6. The van der Waals surface area contributed by atoms with Gasteiger partial charge in [0.15, 0.2) is 0 Å². The predicted molar refractivity (Wildman–Crippen MR) is 144 cm³/mol. The van der Waals surface area contributed by atoms with Crippen LogP contribution >= 0.6 is 0 Å². The van der Waals surface area contributed by atoms with Crippen molar-refractivity contribution in [2.24, 2.45) is 5.41 Å². The van der Waals surface area contributed by atoms with E-state index in [2.05, 4.69) is 17.6 Å². The summed E-state index contributed by atoms with van der Waals surface area (Å²) in [6.45, 7) is 4.73. The number of nitrogens with one attached hydrogen (secondary N) is 2. The van der Waals surface area contributed by atoms with Crippen LogP contribution in [-0.2, 0) is 12.1 Å². The molecule has 2 fully saturated rings. The van der Waals surface area contributed by atoms with Crippen LogP contribution in [0.3, 0.4) is 0 Å². The molecule has 2 aromatic carbocycles. The van der Waals surface area contributed by atoms with E-state index in [1.54, 1.807) is 29.2 Å². The van der Waals surface area contributed by atoms with E-state index in [0.717, 1.165) is 25.0 Å². The maximum absolute atomic E-state index is 13.1. The zero-order valence-corrected chi connectivity index (χ0v) is 23.1. The van der Waals surface area contributed by atoms with Crippen LogP contribution in [-0.4, -0.2) is 71.9 Å². The van der Waals surface area contributed by atoms with Gasteiger partial charge in [0, 0.05) is 56.1 Å². The number of amides is 3. The molecule has 7 nitrogen and oxygen atoms in total. The first kappa shape index (κ1) is 31.6. The van der Waals surface area contributed by atoms with Gasteiger partial charge in [-0.05, 0) is 60.9 Å². The number of nitrogens with zero attached hydrogens (tertiary/aromatic N) is 2. The van der Waals surface area contributed by atoms with E-state index in [0.29, 0.717) is 67.1 Å². The van der Waals surface area contributed by atoms with E-state index >= 15 is 0 Å². The van der Waals surface area contributed by atoms with E-state index < -0.39 is 23.5 Å². The molecule has 2 aromatic rings. The number of anilines is 1. The number of hydrogen-bond acceptors (Lipinski definition) is 4. The fourth-order valence-electron chi connectivity index (χ4n) is 4.94. The molecule has 1 aliphatic heterocycles. The Morgan fingerprint density at radius 3 is 1.98 bits per heavy atom. The Balaban J connectivity index is 1.23. The molecule has 42 heavy (non-hydrogen) atoms. The second-order valence-electron chi connectivity index (χ2n) is 11.3. The SMILES string of the molecule is CC1(CCCNC(=O)Nc2ccc(C(=O)N3CCN(Cc4ccc(C(O)(C(F)(F)F)C(F)(F)F)cc4)CC3)cc2)CC1. The molecule has 2 aliphatic rings. The third kappa shape index (κ3) is 7.35. The molecule has 0 spiro atoms. The van der Waals surface area contributed by atoms with Gasteiger partial charge in [-0.1, -0.05) is 31.2 Å². The second-order valence-corrected chi connectivity index (χ2v) is 11.3. The van der Waals surface area contributed by atoms with Crippen LogP contribution < -0.4 is 10.6 Å². The number of carbonyl (C=O) groups is 2. The van der Waals surface area contributed by atoms with E-state index in [4.69, 9.17) is 0 Å². The zero-order valence-electron chi connectivity index (χ0n) is 23.1. The molecule has 1 saturated heterocycles. The summed E-state index contributed by atoms with van der Waals surface area (Å²) in [4.78, 5) is 28.6. The smallest absolute Gasteiger partial charge is 0.369 e. The fraction of sp³-hybridized carbons (Fsp3) is 0.517. The van der Waals surface area contributed by atoms with Crippen molar-refractivity contribution in [3.8, 4) is 0 Å². The summed E-state index contributed by atoms with van der Waals surface area (Å²) in [5.41, 5.74) is -4.35. The Morgan fingerprint density at radius 1 is 0.881 bits per heavy atom. The van der Waals surface area contributed by atoms with Gasteiger partial charge in [0.05, 0.1) is 0 Å². The van der Waals surface area contributed by atoms with Gasteiger partial charge in [-0.25, -0.2) is 4.79 Å². The lowest BCUT2D eigenvalue weighted by Crippen LogP contribution is -2.53. The molecule has 13 heteroatoms. The van der Waals surface area contributed by atoms with Crippen LogP contribution in [0.1, 0.15) is 54.1 Å². The molecule has 1 heterocycles. The molecule has 4 rings (SSSR count). The molecule has 0 unspecified atom stereocenters. The van der Waals surface area contributed by atoms with Gasteiger partial charge in [-0.3, -0.25) is 9.69 Å². The Bertz CT molecular complexity index is 1220. The van der Waals surface area contributed by atoms with Crippen LogP contribution in [0.4, 0.5) is 36.8 Å². The third-order valence-corrected chi connectivity index (χ3v) is 7.99. The normalized spacial score (nSPS) is 17.6. The third-order valence-electron chi connectivity index (χ3n) is 7.99. The summed E-state index contributed by atoms with van der Waals surface area (Å²) in [6.07, 6.45) is -7.37. The van der Waals surface area contributed by atoms with Crippen molar-refractivity contribution >= 4 is 17.6 Å². The van der Waals surface area contributed by atoms with Crippen LogP contribution in [0.25, 0.3) is 0 Å². The summed E-state index contributed by atoms with van der Waals surface area (Å²) in [6, 6.07) is 9.76. The number of urea groups is 1. The van der Waals surface area contributed by atoms with Gasteiger partial charge in [0.1, 0.15) is 0 Å². The summed E-state index contributed by atoms with van der Waals surface area (Å²) in [5, 5.41) is 15.1. The first-order valence-electron chi connectivity index (χ1n) is 13.7. The topological polar surface area (TPSA) is 84.9 Å². The van der Waals surface area contributed by atoms with Crippen molar-refractivity contribution in [3.05, 3.63) is 65.2 Å². The molecule has 0 bridgehead atoms. The Hall–Kier alpha value is -3.32. The molecule has 230 valence electrons. The van der Waals surface area contributed by atoms with Gasteiger partial charge >= 0.3 is 18.4 Å². The lowest BCUT2D eigenvalue weighted by molar-refractivity contribution is -0.376. The van der Waals surface area contributed by atoms with Gasteiger partial charge in [0.25, 0.3) is 11.5 Å². The number of piperazine rings is 1. The molecule has 3 amide bonds. The van der Waals surface area contributed by atoms with Crippen LogP contribution in [0.5, 0.6) is 0 Å². The molecular weight excluding hydrogens is 566 g/mol. The van der Waals surface area contributed by atoms with Crippen molar-refractivity contribution in [3.63, 3.8) is 0 Å². The first-order chi connectivity index (χ1) is 19.6. The number of aliphatic hydroxyl groups is 1. The second kappa shape index (κ2) is 12.1. The highest BCUT2D eigenvalue weighted by Crippen LogP contribution is 2.50. The molecular formula is C29H34F6N4O3. The van der Waals surface area contributed by atoms with E-state index in [1.165, 1.54) is 12.8 Å². The first-order valence-corrected chi connectivity index (χ1v) is 13.7.